The van der Waals surface area contributed by atoms with Crippen LogP contribution in [0.25, 0.3) is 75.2 Å². The van der Waals surface area contributed by atoms with Gasteiger partial charge in [0, 0.05) is 68.6 Å². The third kappa shape index (κ3) is 4.80. The second-order valence-electron chi connectivity index (χ2n) is 15.1. The maximum Gasteiger partial charge on any atom is 0.0991 e. The first-order chi connectivity index (χ1) is 28.0. The van der Waals surface area contributed by atoms with Gasteiger partial charge in [-0.05, 0) is 123 Å². The molecule has 268 valence electrons. The molecule has 0 saturated heterocycles. The average Bonchev–Trinajstić information content (AvgIpc) is 3.89. The van der Waals surface area contributed by atoms with Crippen LogP contribution in [0.5, 0.6) is 0 Å². The molecule has 0 radical (unpaired) electrons. The minimum absolute atomic E-state index is 0.665. The largest absolute Gasteiger partial charge is 0.309 e. The number of aryl methyl sites for hydroxylation is 2. The van der Waals surface area contributed by atoms with E-state index < -0.39 is 0 Å². The van der Waals surface area contributed by atoms with Crippen LogP contribution >= 0.6 is 23.1 Å². The van der Waals surface area contributed by atoms with Gasteiger partial charge in [0.2, 0.25) is 0 Å². The minimum atomic E-state index is 0.665. The number of anilines is 3. The monoisotopic (exact) mass is 764 g/mol. The van der Waals surface area contributed by atoms with Gasteiger partial charge in [-0.2, -0.15) is 5.26 Å². The van der Waals surface area contributed by atoms with Crippen molar-refractivity contribution in [1.29, 1.82) is 5.26 Å². The zero-order valence-corrected chi connectivity index (χ0v) is 32.7. The Kier molecular flexibility index (Phi) is 6.90. The number of aromatic nitrogens is 2. The number of benzene rings is 8. The molecule has 0 spiro atoms. The van der Waals surface area contributed by atoms with E-state index in [2.05, 4.69) is 180 Å². The van der Waals surface area contributed by atoms with Gasteiger partial charge in [-0.25, -0.2) is 0 Å². The van der Waals surface area contributed by atoms with Crippen molar-refractivity contribution < 1.29 is 0 Å². The average molecular weight is 765 g/mol. The Hall–Kier alpha value is -6.78. The van der Waals surface area contributed by atoms with Gasteiger partial charge >= 0.3 is 0 Å². The molecule has 0 N–H and O–H groups in total. The van der Waals surface area contributed by atoms with Crippen molar-refractivity contribution in [3.8, 4) is 17.4 Å². The molecular weight excluding hydrogens is 733 g/mol. The zero-order valence-electron chi connectivity index (χ0n) is 31.1. The lowest BCUT2D eigenvalue weighted by Crippen LogP contribution is -2.15. The third-order valence-corrected chi connectivity index (χ3v) is 13.8. The summed E-state index contributed by atoms with van der Waals surface area (Å²) >= 11 is 3.69. The van der Waals surface area contributed by atoms with Gasteiger partial charge in [0.1, 0.15) is 0 Å². The molecule has 8 aromatic carbocycles. The Balaban J connectivity index is 1.09. The number of nitriles is 1. The van der Waals surface area contributed by atoms with Crippen LogP contribution in [0.1, 0.15) is 16.7 Å². The summed E-state index contributed by atoms with van der Waals surface area (Å²) < 4.78 is 7.37. The molecule has 0 aliphatic carbocycles. The lowest BCUT2D eigenvalue weighted by Gasteiger charge is -2.33. The van der Waals surface area contributed by atoms with Gasteiger partial charge in [0.05, 0.1) is 45.1 Å². The molecule has 3 aromatic heterocycles. The minimum Gasteiger partial charge on any atom is -0.309 e. The second-order valence-corrected chi connectivity index (χ2v) is 17.3. The molecule has 1 aliphatic heterocycles. The van der Waals surface area contributed by atoms with E-state index in [1.807, 2.05) is 35.2 Å². The van der Waals surface area contributed by atoms with Gasteiger partial charge in [-0.3, -0.25) is 0 Å². The van der Waals surface area contributed by atoms with Crippen molar-refractivity contribution in [2.75, 3.05) is 4.90 Å². The van der Waals surface area contributed by atoms with E-state index in [1.54, 1.807) is 0 Å². The molecule has 57 heavy (non-hydrogen) atoms. The fraction of sp³-hybridized carbons (Fsp3) is 0.0392. The lowest BCUT2D eigenvalue weighted by molar-refractivity contribution is 1.11. The molecule has 0 unspecified atom stereocenters. The smallest absolute Gasteiger partial charge is 0.0991 e. The summed E-state index contributed by atoms with van der Waals surface area (Å²) in [4.78, 5) is 4.83. The van der Waals surface area contributed by atoms with Crippen LogP contribution in [0, 0.1) is 25.2 Å². The maximum absolute atomic E-state index is 9.76. The summed E-state index contributed by atoms with van der Waals surface area (Å²) in [5.41, 5.74) is 13.5. The summed E-state index contributed by atoms with van der Waals surface area (Å²) in [6, 6.07) is 60.0. The van der Waals surface area contributed by atoms with Crippen LogP contribution in [0.4, 0.5) is 17.1 Å². The predicted molar refractivity (Wildman–Crippen MR) is 241 cm³/mol. The Labute approximate surface area is 337 Å². The molecule has 0 amide bonds. The van der Waals surface area contributed by atoms with Crippen molar-refractivity contribution in [2.24, 2.45) is 0 Å². The first-order valence-electron chi connectivity index (χ1n) is 19.1. The number of thiophene rings is 1. The van der Waals surface area contributed by atoms with E-state index in [4.69, 9.17) is 0 Å². The van der Waals surface area contributed by atoms with Crippen LogP contribution in [0.15, 0.2) is 168 Å². The lowest BCUT2D eigenvalue weighted by atomic mass is 10.1. The van der Waals surface area contributed by atoms with Crippen molar-refractivity contribution in [1.82, 2.24) is 9.13 Å². The van der Waals surface area contributed by atoms with Gasteiger partial charge in [0.25, 0.3) is 0 Å². The number of fused-ring (bicyclic) bond motifs is 11. The molecule has 1 aliphatic rings. The molecule has 0 atom stereocenters. The molecule has 0 fully saturated rings. The van der Waals surface area contributed by atoms with Crippen LogP contribution in [0.2, 0.25) is 0 Å². The van der Waals surface area contributed by atoms with E-state index in [-0.39, 0.29) is 0 Å². The van der Waals surface area contributed by atoms with Gasteiger partial charge in [0.15, 0.2) is 0 Å². The Morgan fingerprint density at radius 3 is 1.65 bits per heavy atom. The van der Waals surface area contributed by atoms with Gasteiger partial charge in [-0.1, -0.05) is 71.4 Å². The topological polar surface area (TPSA) is 36.9 Å². The molecular formula is C51H32N4S2. The highest BCUT2D eigenvalue weighted by atomic mass is 32.2. The number of hydrogen-bond donors (Lipinski definition) is 0. The quantitative estimate of drug-likeness (QED) is 0.180. The number of para-hydroxylation sites is 1. The summed E-state index contributed by atoms with van der Waals surface area (Å²) in [7, 11) is 0. The first-order valence-corrected chi connectivity index (χ1v) is 20.8. The van der Waals surface area contributed by atoms with Crippen molar-refractivity contribution in [3.63, 3.8) is 0 Å². The van der Waals surface area contributed by atoms with Gasteiger partial charge in [-0.15, -0.1) is 11.3 Å². The molecule has 4 heterocycles. The predicted octanol–water partition coefficient (Wildman–Crippen LogP) is 14.7. The highest BCUT2D eigenvalue weighted by Gasteiger charge is 2.28. The number of nitrogens with zero attached hydrogens (tertiary/aromatic N) is 4. The maximum atomic E-state index is 9.76. The Morgan fingerprint density at radius 1 is 0.439 bits per heavy atom. The fourth-order valence-electron chi connectivity index (χ4n) is 9.05. The Bertz CT molecular complexity index is 3500. The third-order valence-electron chi connectivity index (χ3n) is 11.6. The van der Waals surface area contributed by atoms with Crippen molar-refractivity contribution in [2.45, 2.75) is 23.6 Å². The Morgan fingerprint density at radius 2 is 0.982 bits per heavy atom. The SMILES string of the molecule is Cc1ccc2c(c1)c1cc(C)ccc1n2-c1ccc2c(c1)Sc1cc(-n3c4ccccc4c4cc(C#N)ccc43)ccc1N2c1ccc2sc3ccccc3c2c1. The fourth-order valence-corrected chi connectivity index (χ4v) is 11.3. The van der Waals surface area contributed by atoms with Crippen molar-refractivity contribution >= 4 is 104 Å². The summed E-state index contributed by atoms with van der Waals surface area (Å²) in [6.07, 6.45) is 0. The highest BCUT2D eigenvalue weighted by molar-refractivity contribution is 7.99. The molecule has 6 heteroatoms. The second kappa shape index (κ2) is 12.1. The molecule has 12 rings (SSSR count). The summed E-state index contributed by atoms with van der Waals surface area (Å²) in [6.45, 7) is 4.35. The number of rotatable bonds is 3. The molecule has 0 bridgehead atoms. The van der Waals surface area contributed by atoms with E-state index >= 15 is 0 Å². The van der Waals surface area contributed by atoms with Crippen LogP contribution < -0.4 is 4.90 Å². The summed E-state index contributed by atoms with van der Waals surface area (Å²) in [5.74, 6) is 0. The van der Waals surface area contributed by atoms with Crippen LogP contribution in [-0.2, 0) is 0 Å². The number of hydrogen-bond acceptors (Lipinski definition) is 4. The van der Waals surface area contributed by atoms with Crippen molar-refractivity contribution in [3.05, 3.63) is 174 Å². The van der Waals surface area contributed by atoms with Crippen LogP contribution in [0.3, 0.4) is 0 Å². The first kappa shape index (κ1) is 32.5. The molecule has 0 saturated carbocycles. The molecule has 4 nitrogen and oxygen atoms in total. The van der Waals surface area contributed by atoms with E-state index in [1.165, 1.54) is 62.9 Å². The highest BCUT2D eigenvalue weighted by Crippen LogP contribution is 2.54. The van der Waals surface area contributed by atoms with Crippen LogP contribution in [-0.4, -0.2) is 9.13 Å². The van der Waals surface area contributed by atoms with E-state index in [0.717, 1.165) is 50.2 Å². The van der Waals surface area contributed by atoms with E-state index in [0.29, 0.717) is 5.56 Å². The van der Waals surface area contributed by atoms with Gasteiger partial charge < -0.3 is 14.0 Å². The molecule has 11 aromatic rings. The normalized spacial score (nSPS) is 12.6. The zero-order chi connectivity index (χ0) is 37.9. The standard InChI is InChI=1S/C51H32N4S2/c1-30-11-17-43-38(23-30)39-24-31(2)12-18-44(39)54(43)35-15-21-47-51(28-35)57-50-27-34(53-42-9-5-3-7-36(42)40-25-32(29-52)13-19-45(40)53)14-20-46(50)55(47)33-16-22-49-41(26-33)37-8-4-6-10-48(37)56-49/h3-28H,1-2H3. The van der Waals surface area contributed by atoms with E-state index in [9.17, 15) is 5.26 Å². The summed E-state index contributed by atoms with van der Waals surface area (Å²) in [5, 5.41) is 17.1.